The maximum Gasteiger partial charge on any atom is 0.292 e. The van der Waals surface area contributed by atoms with Crippen molar-refractivity contribution in [3.63, 3.8) is 0 Å². The van der Waals surface area contributed by atoms with E-state index in [0.29, 0.717) is 41.3 Å². The second-order valence-corrected chi connectivity index (χ2v) is 10.2. The zero-order chi connectivity index (χ0) is 26.7. The number of fused-ring (bicyclic) bond motifs is 3. The number of rotatable bonds is 4. The van der Waals surface area contributed by atoms with Crippen molar-refractivity contribution in [1.82, 2.24) is 19.3 Å². The van der Waals surface area contributed by atoms with Crippen LogP contribution in [-0.2, 0) is 6.54 Å². The van der Waals surface area contributed by atoms with Crippen LogP contribution in [0.4, 0.5) is 11.8 Å². The SMILES string of the molecule is Cc1cccc2cc(Cn3nc(-c4ccc5oc(N)nc5c4)c4c3N=C=CCC=C4N)n(C3CCC3)c(=O)c12. The Morgan fingerprint density at radius 3 is 2.85 bits per heavy atom. The van der Waals surface area contributed by atoms with Gasteiger partial charge in [0.2, 0.25) is 0 Å². The van der Waals surface area contributed by atoms with Crippen molar-refractivity contribution in [1.29, 1.82) is 0 Å². The highest BCUT2D eigenvalue weighted by molar-refractivity contribution is 5.89. The number of hydrogen-bond donors (Lipinski definition) is 2. The summed E-state index contributed by atoms with van der Waals surface area (Å²) in [5.74, 6) is 3.61. The Balaban J connectivity index is 1.44. The number of nitrogen functional groups attached to an aromatic ring is 1. The molecule has 2 aromatic carbocycles. The molecule has 0 atom stereocenters. The summed E-state index contributed by atoms with van der Waals surface area (Å²) in [6.07, 6.45) is 7.48. The number of oxazole rings is 1. The number of pyridine rings is 1. The van der Waals surface area contributed by atoms with E-state index in [4.69, 9.17) is 21.0 Å². The summed E-state index contributed by atoms with van der Waals surface area (Å²) >= 11 is 0. The van der Waals surface area contributed by atoms with Crippen molar-refractivity contribution in [3.8, 4) is 11.3 Å². The van der Waals surface area contributed by atoms with Crippen molar-refractivity contribution in [2.75, 3.05) is 5.73 Å². The van der Waals surface area contributed by atoms with Gasteiger partial charge in [-0.05, 0) is 79.8 Å². The fraction of sp³-hybridized carbons (Fsp3) is 0.233. The molecular weight excluding hydrogens is 490 g/mol. The molecule has 194 valence electrons. The predicted molar refractivity (Wildman–Crippen MR) is 153 cm³/mol. The quantitative estimate of drug-likeness (QED) is 0.336. The topological polar surface area (TPSA) is 130 Å². The van der Waals surface area contributed by atoms with E-state index in [1.165, 1.54) is 0 Å². The summed E-state index contributed by atoms with van der Waals surface area (Å²) in [5, 5.41) is 6.72. The van der Waals surface area contributed by atoms with E-state index >= 15 is 0 Å². The summed E-state index contributed by atoms with van der Waals surface area (Å²) in [5.41, 5.74) is 18.3. The molecule has 1 aliphatic heterocycles. The molecule has 39 heavy (non-hydrogen) atoms. The molecule has 1 saturated carbocycles. The Hall–Kier alpha value is -4.88. The molecule has 0 spiro atoms. The number of aryl methyl sites for hydroxylation is 1. The number of nitrogens with zero attached hydrogens (tertiary/aromatic N) is 5. The van der Waals surface area contributed by atoms with Crippen LogP contribution >= 0.6 is 0 Å². The van der Waals surface area contributed by atoms with Gasteiger partial charge in [0.1, 0.15) is 11.2 Å². The molecule has 0 unspecified atom stereocenters. The zero-order valence-electron chi connectivity index (χ0n) is 21.5. The Kier molecular flexibility index (Phi) is 5.28. The van der Waals surface area contributed by atoms with E-state index in [9.17, 15) is 4.79 Å². The maximum atomic E-state index is 13.8. The second-order valence-electron chi connectivity index (χ2n) is 10.2. The molecule has 9 nitrogen and oxygen atoms in total. The third-order valence-electron chi connectivity index (χ3n) is 7.73. The highest BCUT2D eigenvalue weighted by Gasteiger charge is 2.27. The summed E-state index contributed by atoms with van der Waals surface area (Å²) in [7, 11) is 0. The largest absolute Gasteiger partial charge is 0.424 e. The van der Waals surface area contributed by atoms with Gasteiger partial charge in [-0.25, -0.2) is 4.68 Å². The van der Waals surface area contributed by atoms with Gasteiger partial charge in [-0.2, -0.15) is 15.1 Å². The number of nitrogens with two attached hydrogens (primary N) is 2. The van der Waals surface area contributed by atoms with Crippen LogP contribution in [-0.4, -0.2) is 25.2 Å². The maximum absolute atomic E-state index is 13.8. The normalized spacial score (nSPS) is 15.3. The van der Waals surface area contributed by atoms with Crippen LogP contribution in [0, 0.1) is 6.92 Å². The first kappa shape index (κ1) is 23.3. The molecule has 0 saturated heterocycles. The Labute approximate surface area is 223 Å². The minimum Gasteiger partial charge on any atom is -0.424 e. The number of allylic oxidation sites excluding steroid dienone is 2. The van der Waals surface area contributed by atoms with E-state index in [-0.39, 0.29) is 17.6 Å². The number of aromatic nitrogens is 4. The van der Waals surface area contributed by atoms with E-state index in [1.807, 2.05) is 64.7 Å². The van der Waals surface area contributed by atoms with Gasteiger partial charge in [0.25, 0.3) is 11.6 Å². The van der Waals surface area contributed by atoms with Crippen LogP contribution in [0.15, 0.2) is 68.8 Å². The molecule has 3 aromatic heterocycles. The van der Waals surface area contributed by atoms with Crippen molar-refractivity contribution in [2.45, 2.75) is 45.2 Å². The smallest absolute Gasteiger partial charge is 0.292 e. The summed E-state index contributed by atoms with van der Waals surface area (Å²) < 4.78 is 9.25. The molecule has 0 amide bonds. The van der Waals surface area contributed by atoms with E-state index < -0.39 is 0 Å². The lowest BCUT2D eigenvalue weighted by molar-refractivity contribution is 0.298. The van der Waals surface area contributed by atoms with Gasteiger partial charge in [0.15, 0.2) is 11.4 Å². The van der Waals surface area contributed by atoms with Gasteiger partial charge in [0.05, 0.1) is 17.5 Å². The Morgan fingerprint density at radius 1 is 1.15 bits per heavy atom. The lowest BCUT2D eigenvalue weighted by Crippen LogP contribution is -2.32. The molecule has 5 aromatic rings. The number of aliphatic imine (C=N–C) groups is 1. The molecular formula is C30H27N7O2. The third-order valence-corrected chi connectivity index (χ3v) is 7.73. The van der Waals surface area contributed by atoms with E-state index in [0.717, 1.165) is 52.4 Å². The molecule has 1 fully saturated rings. The standard InChI is InChI=1S/C30H27N7O2/c1-17-6-4-7-18-14-21(37(20-8-5-9-20)29(38)25(17)18)16-36-28-26(22(31)10-2-3-13-33-28)27(35-36)19-11-12-24-23(15-19)34-30(32)39-24/h3-4,6-7,10-12,14-15,20H,2,5,8-9,16,31H2,1H3,(H2,32,34). The van der Waals surface area contributed by atoms with Crippen LogP contribution in [0.5, 0.6) is 0 Å². The lowest BCUT2D eigenvalue weighted by atomic mass is 9.91. The van der Waals surface area contributed by atoms with Gasteiger partial charge in [-0.15, -0.1) is 0 Å². The molecule has 9 heteroatoms. The number of benzene rings is 2. The van der Waals surface area contributed by atoms with Gasteiger partial charge in [-0.1, -0.05) is 24.3 Å². The molecule has 7 rings (SSSR count). The first-order chi connectivity index (χ1) is 19.0. The molecule has 2 aliphatic rings. The molecule has 4 N–H and O–H groups in total. The number of hydrogen-bond acceptors (Lipinski definition) is 7. The Morgan fingerprint density at radius 2 is 2.03 bits per heavy atom. The van der Waals surface area contributed by atoms with Gasteiger partial charge in [0, 0.05) is 23.0 Å². The third kappa shape index (κ3) is 3.78. The summed E-state index contributed by atoms with van der Waals surface area (Å²) in [6, 6.07) is 14.0. The average Bonchev–Trinajstić information content (AvgIpc) is 3.41. The average molecular weight is 518 g/mol. The summed E-state index contributed by atoms with van der Waals surface area (Å²) in [6.45, 7) is 2.35. The predicted octanol–water partition coefficient (Wildman–Crippen LogP) is 5.23. The molecule has 1 aliphatic carbocycles. The van der Waals surface area contributed by atoms with Crippen molar-refractivity contribution in [3.05, 3.63) is 81.8 Å². The first-order valence-corrected chi connectivity index (χ1v) is 13.1. The fourth-order valence-electron chi connectivity index (χ4n) is 5.61. The molecule has 4 heterocycles. The molecule has 0 bridgehead atoms. The number of anilines is 1. The van der Waals surface area contributed by atoms with Crippen LogP contribution < -0.4 is 17.0 Å². The zero-order valence-corrected chi connectivity index (χ0v) is 21.5. The molecule has 0 radical (unpaired) electrons. The van der Waals surface area contributed by atoms with Crippen LogP contribution in [0.2, 0.25) is 0 Å². The van der Waals surface area contributed by atoms with Crippen LogP contribution in [0.3, 0.4) is 0 Å². The highest BCUT2D eigenvalue weighted by atomic mass is 16.4. The monoisotopic (exact) mass is 517 g/mol. The van der Waals surface area contributed by atoms with Crippen LogP contribution in [0.1, 0.15) is 48.5 Å². The lowest BCUT2D eigenvalue weighted by Gasteiger charge is -2.30. The van der Waals surface area contributed by atoms with Crippen molar-refractivity contribution < 1.29 is 4.42 Å². The highest BCUT2D eigenvalue weighted by Crippen LogP contribution is 2.38. The van der Waals surface area contributed by atoms with E-state index in [1.54, 1.807) is 0 Å². The van der Waals surface area contributed by atoms with Gasteiger partial charge >= 0.3 is 0 Å². The van der Waals surface area contributed by atoms with Crippen molar-refractivity contribution in [2.24, 2.45) is 10.7 Å². The van der Waals surface area contributed by atoms with Crippen molar-refractivity contribution >= 4 is 45.3 Å². The van der Waals surface area contributed by atoms with Gasteiger partial charge < -0.3 is 20.5 Å². The minimum absolute atomic E-state index is 0.0532. The second kappa shape index (κ2) is 8.85. The Bertz CT molecular complexity index is 1950. The van der Waals surface area contributed by atoms with E-state index in [2.05, 4.69) is 21.9 Å². The summed E-state index contributed by atoms with van der Waals surface area (Å²) in [4.78, 5) is 22.8. The fourth-order valence-corrected chi connectivity index (χ4v) is 5.61. The van der Waals surface area contributed by atoms with Crippen LogP contribution in [0.25, 0.3) is 38.8 Å². The minimum atomic E-state index is 0.0532. The van der Waals surface area contributed by atoms with Gasteiger partial charge in [-0.3, -0.25) is 4.79 Å². The first-order valence-electron chi connectivity index (χ1n) is 13.1.